The predicted octanol–water partition coefficient (Wildman–Crippen LogP) is 0.703. The Bertz CT molecular complexity index is 303. The highest BCUT2D eigenvalue weighted by Gasteiger charge is 2.28. The molecule has 0 aromatic carbocycles. The fraction of sp³-hybridized carbons (Fsp3) is 0.917. The second kappa shape index (κ2) is 5.16. The van der Waals surface area contributed by atoms with E-state index in [0.29, 0.717) is 6.04 Å². The van der Waals surface area contributed by atoms with E-state index < -0.39 is 0 Å². The number of aliphatic imine (C=N–C) groups is 1. The lowest BCUT2D eigenvalue weighted by Gasteiger charge is -2.36. The molecule has 1 unspecified atom stereocenters. The van der Waals surface area contributed by atoms with E-state index in [2.05, 4.69) is 43.1 Å². The minimum Gasteiger partial charge on any atom is -0.359 e. The first-order valence-corrected chi connectivity index (χ1v) is 7.29. The van der Waals surface area contributed by atoms with Gasteiger partial charge in [-0.05, 0) is 27.9 Å². The van der Waals surface area contributed by atoms with Crippen LogP contribution >= 0.6 is 11.8 Å². The average Bonchev–Trinajstić information content (AvgIpc) is 2.60. The molecule has 0 aromatic rings. The van der Waals surface area contributed by atoms with E-state index in [1.54, 1.807) is 0 Å². The summed E-state index contributed by atoms with van der Waals surface area (Å²) in [5, 5.41) is 4.60. The Morgan fingerprint density at radius 3 is 2.82 bits per heavy atom. The summed E-state index contributed by atoms with van der Waals surface area (Å²) in [5.74, 6) is 1.12. The molecular weight excluding hydrogens is 232 g/mol. The number of thioether (sulfide) groups is 1. The third kappa shape index (κ3) is 3.60. The number of hydrogen-bond acceptors (Lipinski definition) is 4. The van der Waals surface area contributed by atoms with E-state index in [1.807, 2.05) is 11.8 Å². The van der Waals surface area contributed by atoms with Gasteiger partial charge in [-0.3, -0.25) is 9.89 Å². The van der Waals surface area contributed by atoms with Crippen molar-refractivity contribution in [1.29, 1.82) is 0 Å². The zero-order chi connectivity index (χ0) is 12.5. The van der Waals surface area contributed by atoms with Gasteiger partial charge in [0.25, 0.3) is 0 Å². The van der Waals surface area contributed by atoms with E-state index in [-0.39, 0.29) is 5.54 Å². The molecule has 0 aromatic heterocycles. The first-order chi connectivity index (χ1) is 7.96. The van der Waals surface area contributed by atoms with Crippen molar-refractivity contribution >= 4 is 16.9 Å². The molecule has 2 fully saturated rings. The van der Waals surface area contributed by atoms with Gasteiger partial charge in [0.2, 0.25) is 0 Å². The van der Waals surface area contributed by atoms with E-state index in [0.717, 1.165) is 30.6 Å². The first kappa shape index (κ1) is 13.2. The van der Waals surface area contributed by atoms with Crippen LogP contribution in [0, 0.1) is 0 Å². The molecule has 2 saturated heterocycles. The number of amidine groups is 1. The molecule has 98 valence electrons. The SMILES string of the molecule is CN1CCN(C)C(CN=C2NC(C)(C)CS2)C1. The molecule has 2 heterocycles. The van der Waals surface area contributed by atoms with Crippen LogP contribution in [0.2, 0.25) is 0 Å². The van der Waals surface area contributed by atoms with Gasteiger partial charge in [0.05, 0.1) is 6.54 Å². The molecule has 2 rings (SSSR count). The maximum Gasteiger partial charge on any atom is 0.157 e. The van der Waals surface area contributed by atoms with Gasteiger partial charge in [-0.25, -0.2) is 0 Å². The van der Waals surface area contributed by atoms with E-state index in [9.17, 15) is 0 Å². The Morgan fingerprint density at radius 1 is 1.41 bits per heavy atom. The van der Waals surface area contributed by atoms with Crippen molar-refractivity contribution in [3.8, 4) is 0 Å². The summed E-state index contributed by atoms with van der Waals surface area (Å²) in [6, 6.07) is 0.562. The number of piperazine rings is 1. The third-order valence-corrected chi connectivity index (χ3v) is 4.81. The summed E-state index contributed by atoms with van der Waals surface area (Å²) in [6.45, 7) is 8.81. The van der Waals surface area contributed by atoms with Crippen LogP contribution in [0.4, 0.5) is 0 Å². The summed E-state index contributed by atoms with van der Waals surface area (Å²) in [5.41, 5.74) is 0.207. The predicted molar refractivity (Wildman–Crippen MR) is 75.9 cm³/mol. The van der Waals surface area contributed by atoms with Crippen LogP contribution in [0.3, 0.4) is 0 Å². The molecular formula is C12H24N4S. The molecule has 5 heteroatoms. The normalized spacial score (nSPS) is 32.9. The number of nitrogens with zero attached hydrogens (tertiary/aromatic N) is 3. The molecule has 4 nitrogen and oxygen atoms in total. The zero-order valence-electron chi connectivity index (χ0n) is 11.4. The van der Waals surface area contributed by atoms with E-state index >= 15 is 0 Å². The molecule has 1 atom stereocenters. The molecule has 0 amide bonds. The van der Waals surface area contributed by atoms with E-state index in [4.69, 9.17) is 4.99 Å². The van der Waals surface area contributed by atoms with Crippen LogP contribution in [0.1, 0.15) is 13.8 Å². The van der Waals surface area contributed by atoms with Crippen LogP contribution in [0.25, 0.3) is 0 Å². The zero-order valence-corrected chi connectivity index (χ0v) is 12.2. The first-order valence-electron chi connectivity index (χ1n) is 6.30. The lowest BCUT2D eigenvalue weighted by Crippen LogP contribution is -2.51. The molecule has 17 heavy (non-hydrogen) atoms. The molecule has 0 aliphatic carbocycles. The third-order valence-electron chi connectivity index (χ3n) is 3.44. The molecule has 0 bridgehead atoms. The quantitative estimate of drug-likeness (QED) is 0.788. The van der Waals surface area contributed by atoms with Crippen LogP contribution in [-0.4, -0.2) is 72.6 Å². The average molecular weight is 256 g/mol. The van der Waals surface area contributed by atoms with Crippen molar-refractivity contribution in [1.82, 2.24) is 15.1 Å². The second-order valence-electron chi connectivity index (χ2n) is 5.84. The van der Waals surface area contributed by atoms with Gasteiger partial charge in [0.1, 0.15) is 0 Å². The second-order valence-corrected chi connectivity index (χ2v) is 6.80. The summed E-state index contributed by atoms with van der Waals surface area (Å²) in [4.78, 5) is 9.55. The van der Waals surface area contributed by atoms with Crippen molar-refractivity contribution in [3.05, 3.63) is 0 Å². The summed E-state index contributed by atoms with van der Waals surface area (Å²) >= 11 is 1.85. The smallest absolute Gasteiger partial charge is 0.157 e. The van der Waals surface area contributed by atoms with Crippen molar-refractivity contribution in [2.24, 2.45) is 4.99 Å². The minimum atomic E-state index is 0.207. The molecule has 0 saturated carbocycles. The number of hydrogen-bond donors (Lipinski definition) is 1. The summed E-state index contributed by atoms with van der Waals surface area (Å²) < 4.78 is 0. The van der Waals surface area contributed by atoms with Crippen LogP contribution in [0.5, 0.6) is 0 Å². The highest BCUT2D eigenvalue weighted by molar-refractivity contribution is 8.14. The van der Waals surface area contributed by atoms with Crippen molar-refractivity contribution in [2.45, 2.75) is 25.4 Å². The number of nitrogens with one attached hydrogen (secondary N) is 1. The Hall–Kier alpha value is -0.260. The minimum absolute atomic E-state index is 0.207. The Morgan fingerprint density at radius 2 is 2.18 bits per heavy atom. The molecule has 0 spiro atoms. The Kier molecular flexibility index (Phi) is 4.00. The van der Waals surface area contributed by atoms with Crippen molar-refractivity contribution in [2.75, 3.05) is 46.0 Å². The lowest BCUT2D eigenvalue weighted by atomic mass is 10.1. The lowest BCUT2D eigenvalue weighted by molar-refractivity contribution is 0.119. The number of rotatable bonds is 2. The van der Waals surface area contributed by atoms with Gasteiger partial charge in [-0.1, -0.05) is 11.8 Å². The Labute approximate surface area is 109 Å². The van der Waals surface area contributed by atoms with Crippen molar-refractivity contribution in [3.63, 3.8) is 0 Å². The molecule has 2 aliphatic heterocycles. The largest absolute Gasteiger partial charge is 0.359 e. The van der Waals surface area contributed by atoms with Gasteiger partial charge in [0, 0.05) is 37.0 Å². The maximum atomic E-state index is 4.73. The highest BCUT2D eigenvalue weighted by Crippen LogP contribution is 2.22. The highest BCUT2D eigenvalue weighted by atomic mass is 32.2. The summed E-state index contributed by atoms with van der Waals surface area (Å²) in [6.07, 6.45) is 0. The molecule has 0 radical (unpaired) electrons. The fourth-order valence-corrected chi connectivity index (χ4v) is 3.27. The summed E-state index contributed by atoms with van der Waals surface area (Å²) in [7, 11) is 4.40. The van der Waals surface area contributed by atoms with Crippen LogP contribution in [-0.2, 0) is 0 Å². The standard InChI is InChI=1S/C12H24N4S/c1-12(2)9-17-11(14-12)13-7-10-8-15(3)5-6-16(10)4/h10H,5-9H2,1-4H3,(H,13,14). The molecule has 2 aliphatic rings. The Balaban J connectivity index is 1.87. The van der Waals surface area contributed by atoms with Gasteiger partial charge < -0.3 is 10.2 Å². The van der Waals surface area contributed by atoms with Gasteiger partial charge in [0.15, 0.2) is 5.17 Å². The molecule has 1 N–H and O–H groups in total. The van der Waals surface area contributed by atoms with Gasteiger partial charge >= 0.3 is 0 Å². The maximum absolute atomic E-state index is 4.73. The van der Waals surface area contributed by atoms with Crippen LogP contribution < -0.4 is 5.32 Å². The van der Waals surface area contributed by atoms with Crippen molar-refractivity contribution < 1.29 is 0 Å². The monoisotopic (exact) mass is 256 g/mol. The number of likely N-dealkylation sites (N-methyl/N-ethyl adjacent to an activating group) is 2. The van der Waals surface area contributed by atoms with Gasteiger partial charge in [-0.15, -0.1) is 0 Å². The fourth-order valence-electron chi connectivity index (χ4n) is 2.18. The van der Waals surface area contributed by atoms with Crippen LogP contribution in [0.15, 0.2) is 4.99 Å². The van der Waals surface area contributed by atoms with Gasteiger partial charge in [-0.2, -0.15) is 0 Å². The topological polar surface area (TPSA) is 30.9 Å². The van der Waals surface area contributed by atoms with E-state index in [1.165, 1.54) is 6.54 Å².